The average molecular weight is 324 g/mol. The van der Waals surface area contributed by atoms with Crippen LogP contribution < -0.4 is 5.32 Å². The lowest BCUT2D eigenvalue weighted by atomic mass is 10.1. The summed E-state index contributed by atoms with van der Waals surface area (Å²) in [5.74, 6) is 0.312. The van der Waals surface area contributed by atoms with Crippen molar-refractivity contribution in [3.8, 4) is 11.3 Å². The number of anilines is 1. The largest absolute Gasteiger partial charge is 0.441 e. The maximum absolute atomic E-state index is 13.9. The lowest BCUT2D eigenvalue weighted by molar-refractivity contribution is 0.102. The Morgan fingerprint density at radius 2 is 1.79 bits per heavy atom. The maximum Gasteiger partial charge on any atom is 0.258 e. The Balaban J connectivity index is 1.82. The number of halogens is 1. The van der Waals surface area contributed by atoms with E-state index in [2.05, 4.69) is 10.3 Å². The molecule has 0 spiro atoms. The number of aryl methyl sites for hydroxylation is 3. The summed E-state index contributed by atoms with van der Waals surface area (Å²) in [4.78, 5) is 16.5. The molecule has 5 heteroatoms. The summed E-state index contributed by atoms with van der Waals surface area (Å²) in [7, 11) is 0. The van der Waals surface area contributed by atoms with Gasteiger partial charge in [-0.3, -0.25) is 4.79 Å². The molecule has 0 radical (unpaired) electrons. The van der Waals surface area contributed by atoms with Crippen LogP contribution in [0.2, 0.25) is 0 Å². The van der Waals surface area contributed by atoms with Crippen LogP contribution >= 0.6 is 0 Å². The van der Waals surface area contributed by atoms with Crippen molar-refractivity contribution in [2.24, 2.45) is 0 Å². The summed E-state index contributed by atoms with van der Waals surface area (Å²) in [6.45, 7) is 5.38. The maximum atomic E-state index is 13.9. The van der Waals surface area contributed by atoms with Crippen molar-refractivity contribution in [2.45, 2.75) is 20.8 Å². The minimum atomic E-state index is -0.531. The molecule has 1 heterocycles. The fourth-order valence-corrected chi connectivity index (χ4v) is 2.62. The molecular weight excluding hydrogens is 307 g/mol. The van der Waals surface area contributed by atoms with Crippen LogP contribution in [0, 0.1) is 26.6 Å². The van der Waals surface area contributed by atoms with E-state index < -0.39 is 11.7 Å². The number of benzene rings is 2. The number of hydrogen-bond donors (Lipinski definition) is 1. The van der Waals surface area contributed by atoms with E-state index in [1.807, 2.05) is 19.1 Å². The van der Waals surface area contributed by atoms with E-state index in [9.17, 15) is 9.18 Å². The van der Waals surface area contributed by atoms with Crippen LogP contribution in [0.5, 0.6) is 0 Å². The van der Waals surface area contributed by atoms with Gasteiger partial charge in [0.15, 0.2) is 11.7 Å². The molecule has 0 saturated carbocycles. The Hall–Kier alpha value is -2.95. The number of aromatic nitrogens is 1. The molecule has 0 aliphatic rings. The molecule has 1 N–H and O–H groups in total. The third kappa shape index (κ3) is 3.06. The lowest BCUT2D eigenvalue weighted by Gasteiger charge is -2.09. The third-order valence-electron chi connectivity index (χ3n) is 3.76. The summed E-state index contributed by atoms with van der Waals surface area (Å²) in [6.07, 6.45) is 0. The molecular formula is C19H17FN2O2. The highest BCUT2D eigenvalue weighted by molar-refractivity contribution is 6.05. The van der Waals surface area contributed by atoms with Gasteiger partial charge in [0, 0.05) is 18.2 Å². The van der Waals surface area contributed by atoms with Gasteiger partial charge in [0.2, 0.25) is 0 Å². The monoisotopic (exact) mass is 324 g/mol. The number of carbonyl (C=O) groups excluding carboxylic acids is 1. The average Bonchev–Trinajstić information content (AvgIpc) is 2.86. The van der Waals surface area contributed by atoms with Crippen LogP contribution in [0.25, 0.3) is 11.3 Å². The third-order valence-corrected chi connectivity index (χ3v) is 3.76. The molecule has 0 fully saturated rings. The van der Waals surface area contributed by atoms with Gasteiger partial charge in [-0.2, -0.15) is 0 Å². The highest BCUT2D eigenvalue weighted by Gasteiger charge is 2.15. The van der Waals surface area contributed by atoms with E-state index in [-0.39, 0.29) is 5.56 Å². The van der Waals surface area contributed by atoms with Crippen molar-refractivity contribution in [1.82, 2.24) is 4.98 Å². The Bertz CT molecular complexity index is 878. The normalized spacial score (nSPS) is 10.7. The summed E-state index contributed by atoms with van der Waals surface area (Å²) < 4.78 is 19.4. The number of nitrogens with zero attached hydrogens (tertiary/aromatic N) is 1. The van der Waals surface area contributed by atoms with Gasteiger partial charge in [-0.05, 0) is 49.7 Å². The highest BCUT2D eigenvalue weighted by atomic mass is 19.1. The van der Waals surface area contributed by atoms with Crippen molar-refractivity contribution in [2.75, 3.05) is 5.32 Å². The number of hydrogen-bond acceptors (Lipinski definition) is 3. The summed E-state index contributed by atoms with van der Waals surface area (Å²) >= 11 is 0. The zero-order valence-electron chi connectivity index (χ0n) is 13.7. The summed E-state index contributed by atoms with van der Waals surface area (Å²) in [5, 5.41) is 2.71. The quantitative estimate of drug-likeness (QED) is 0.762. The van der Waals surface area contributed by atoms with Gasteiger partial charge >= 0.3 is 0 Å². The van der Waals surface area contributed by atoms with Gasteiger partial charge in [0.25, 0.3) is 5.91 Å². The first-order chi connectivity index (χ1) is 11.5. The van der Waals surface area contributed by atoms with Crippen molar-refractivity contribution < 1.29 is 13.6 Å². The predicted molar refractivity (Wildman–Crippen MR) is 90.5 cm³/mol. The predicted octanol–water partition coefficient (Wildman–Crippen LogP) is 4.66. The molecule has 4 nitrogen and oxygen atoms in total. The Kier molecular flexibility index (Phi) is 4.16. The first-order valence-corrected chi connectivity index (χ1v) is 7.56. The molecule has 0 unspecified atom stereocenters. The molecule has 24 heavy (non-hydrogen) atoms. The molecule has 0 aliphatic carbocycles. The van der Waals surface area contributed by atoms with Gasteiger partial charge in [-0.1, -0.05) is 12.1 Å². The molecule has 0 saturated heterocycles. The summed E-state index contributed by atoms with van der Waals surface area (Å²) in [6, 6.07) is 11.7. The van der Waals surface area contributed by atoms with E-state index in [1.165, 1.54) is 6.07 Å². The van der Waals surface area contributed by atoms with E-state index in [0.717, 1.165) is 11.3 Å². The molecule has 0 aliphatic heterocycles. The number of nitrogens with one attached hydrogen (secondary N) is 1. The van der Waals surface area contributed by atoms with Crippen molar-refractivity contribution in [1.29, 1.82) is 0 Å². The second-order valence-corrected chi connectivity index (χ2v) is 5.61. The second kappa shape index (κ2) is 6.28. The Labute approximate surface area is 139 Å². The van der Waals surface area contributed by atoms with Crippen LogP contribution in [0.15, 0.2) is 46.9 Å². The van der Waals surface area contributed by atoms with Crippen LogP contribution in [0.1, 0.15) is 27.5 Å². The van der Waals surface area contributed by atoms with Gasteiger partial charge in [-0.25, -0.2) is 9.37 Å². The summed E-state index contributed by atoms with van der Waals surface area (Å²) in [5.41, 5.74) is 2.92. The second-order valence-electron chi connectivity index (χ2n) is 5.61. The van der Waals surface area contributed by atoms with Gasteiger partial charge in [0.05, 0.1) is 11.3 Å². The number of oxazole rings is 1. The highest BCUT2D eigenvalue weighted by Crippen LogP contribution is 2.26. The van der Waals surface area contributed by atoms with Crippen LogP contribution in [0.3, 0.4) is 0 Å². The Morgan fingerprint density at radius 3 is 2.38 bits per heavy atom. The fraction of sp³-hybridized carbons (Fsp3) is 0.158. The lowest BCUT2D eigenvalue weighted by Crippen LogP contribution is -2.15. The molecule has 122 valence electrons. The topological polar surface area (TPSA) is 55.1 Å². The minimum Gasteiger partial charge on any atom is -0.441 e. The van der Waals surface area contributed by atoms with Crippen LogP contribution in [-0.2, 0) is 0 Å². The molecule has 1 amide bonds. The zero-order valence-corrected chi connectivity index (χ0v) is 13.7. The van der Waals surface area contributed by atoms with Gasteiger partial charge in [-0.15, -0.1) is 0 Å². The fourth-order valence-electron chi connectivity index (χ4n) is 2.62. The molecule has 3 rings (SSSR count). The zero-order chi connectivity index (χ0) is 17.3. The van der Waals surface area contributed by atoms with Crippen molar-refractivity contribution >= 4 is 11.6 Å². The Morgan fingerprint density at radius 1 is 1.08 bits per heavy atom. The van der Waals surface area contributed by atoms with E-state index >= 15 is 0 Å². The number of rotatable bonds is 3. The first kappa shape index (κ1) is 15.9. The molecule has 0 bridgehead atoms. The van der Waals surface area contributed by atoms with Gasteiger partial charge < -0.3 is 9.73 Å². The molecule has 2 aromatic carbocycles. The first-order valence-electron chi connectivity index (χ1n) is 7.56. The van der Waals surface area contributed by atoms with Crippen molar-refractivity contribution in [3.05, 3.63) is 71.0 Å². The van der Waals surface area contributed by atoms with E-state index in [1.54, 1.807) is 38.1 Å². The number of amides is 1. The van der Waals surface area contributed by atoms with Gasteiger partial charge in [0.1, 0.15) is 5.82 Å². The van der Waals surface area contributed by atoms with E-state index in [4.69, 9.17) is 4.42 Å². The smallest absolute Gasteiger partial charge is 0.258 e. The van der Waals surface area contributed by atoms with Crippen LogP contribution in [-0.4, -0.2) is 10.9 Å². The van der Waals surface area contributed by atoms with Crippen molar-refractivity contribution in [3.63, 3.8) is 0 Å². The SMILES string of the molecule is Cc1nc(C)c(-c2ccc(NC(=O)c3c(C)cccc3F)cc2)o1. The van der Waals surface area contributed by atoms with Crippen LogP contribution in [0.4, 0.5) is 10.1 Å². The molecule has 3 aromatic rings. The van der Waals surface area contributed by atoms with E-state index in [0.29, 0.717) is 22.9 Å². The standard InChI is InChI=1S/C19H17FN2O2/c1-11-5-4-6-16(20)17(11)19(23)22-15-9-7-14(8-10-15)18-12(2)21-13(3)24-18/h4-10H,1-3H3,(H,22,23). The number of carbonyl (C=O) groups is 1. The molecule has 1 aromatic heterocycles. The minimum absolute atomic E-state index is 0.0586. The molecule has 0 atom stereocenters.